The van der Waals surface area contributed by atoms with Crippen molar-refractivity contribution in [1.82, 2.24) is 5.32 Å². The zero-order valence-corrected chi connectivity index (χ0v) is 12.2. The Labute approximate surface area is 124 Å². The third-order valence-electron chi connectivity index (χ3n) is 4.42. The predicted octanol–water partition coefficient (Wildman–Crippen LogP) is 3.30. The molecule has 1 saturated carbocycles. The highest BCUT2D eigenvalue weighted by Crippen LogP contribution is 2.33. The number of nitrogens with one attached hydrogen (secondary N) is 1. The molecule has 108 valence electrons. The normalized spacial score (nSPS) is 28.9. The SMILES string of the molecule is O=C(OCc1cccc(Cl)c1)C1CC2CCCCC2N1. The van der Waals surface area contributed by atoms with Crippen LogP contribution in [0.15, 0.2) is 24.3 Å². The second kappa shape index (κ2) is 6.15. The average molecular weight is 294 g/mol. The number of ether oxygens (including phenoxy) is 1. The van der Waals surface area contributed by atoms with Crippen LogP contribution >= 0.6 is 11.6 Å². The highest BCUT2D eigenvalue weighted by Gasteiger charge is 2.38. The standard InChI is InChI=1S/C16H20ClNO2/c17-13-6-3-4-11(8-13)10-20-16(19)15-9-12-5-1-2-7-14(12)18-15/h3-4,6,8,12,14-15,18H,1-2,5,7,9-10H2. The third-order valence-corrected chi connectivity index (χ3v) is 4.65. The monoisotopic (exact) mass is 293 g/mol. The maximum absolute atomic E-state index is 12.1. The molecule has 3 atom stereocenters. The minimum Gasteiger partial charge on any atom is -0.460 e. The van der Waals surface area contributed by atoms with Gasteiger partial charge in [0.15, 0.2) is 0 Å². The number of halogens is 1. The molecule has 0 spiro atoms. The Bertz CT molecular complexity index is 477. The average Bonchev–Trinajstić information content (AvgIpc) is 2.89. The van der Waals surface area contributed by atoms with Gasteiger partial charge >= 0.3 is 5.97 Å². The van der Waals surface area contributed by atoms with Crippen LogP contribution in [-0.4, -0.2) is 18.1 Å². The number of carbonyl (C=O) groups excluding carboxylic acids is 1. The van der Waals surface area contributed by atoms with Crippen molar-refractivity contribution in [1.29, 1.82) is 0 Å². The van der Waals surface area contributed by atoms with Gasteiger partial charge in [-0.25, -0.2) is 0 Å². The Morgan fingerprint density at radius 2 is 2.20 bits per heavy atom. The van der Waals surface area contributed by atoms with Crippen LogP contribution < -0.4 is 5.32 Å². The van der Waals surface area contributed by atoms with Gasteiger partial charge in [-0.1, -0.05) is 36.6 Å². The molecule has 1 aliphatic heterocycles. The zero-order chi connectivity index (χ0) is 13.9. The molecule has 20 heavy (non-hydrogen) atoms. The molecule has 3 unspecified atom stereocenters. The number of benzene rings is 1. The van der Waals surface area contributed by atoms with E-state index in [9.17, 15) is 4.79 Å². The molecule has 2 fully saturated rings. The van der Waals surface area contributed by atoms with E-state index in [0.29, 0.717) is 23.6 Å². The van der Waals surface area contributed by atoms with Crippen molar-refractivity contribution in [2.75, 3.05) is 0 Å². The van der Waals surface area contributed by atoms with Gasteiger partial charge < -0.3 is 10.1 Å². The fourth-order valence-electron chi connectivity index (χ4n) is 3.38. The summed E-state index contributed by atoms with van der Waals surface area (Å²) >= 11 is 5.92. The Balaban J connectivity index is 1.52. The summed E-state index contributed by atoms with van der Waals surface area (Å²) in [6, 6.07) is 7.83. The highest BCUT2D eigenvalue weighted by molar-refractivity contribution is 6.30. The first-order valence-corrected chi connectivity index (χ1v) is 7.77. The summed E-state index contributed by atoms with van der Waals surface area (Å²) in [5, 5.41) is 4.11. The summed E-state index contributed by atoms with van der Waals surface area (Å²) < 4.78 is 5.41. The number of hydrogen-bond acceptors (Lipinski definition) is 3. The maximum atomic E-state index is 12.1. The van der Waals surface area contributed by atoms with E-state index < -0.39 is 0 Å². The van der Waals surface area contributed by atoms with E-state index in [4.69, 9.17) is 16.3 Å². The molecular formula is C16H20ClNO2. The lowest BCUT2D eigenvalue weighted by Crippen LogP contribution is -2.37. The molecule has 1 aromatic carbocycles. The van der Waals surface area contributed by atoms with Crippen LogP contribution in [0.1, 0.15) is 37.7 Å². The summed E-state index contributed by atoms with van der Waals surface area (Å²) in [6.45, 7) is 0.299. The van der Waals surface area contributed by atoms with Crippen molar-refractivity contribution < 1.29 is 9.53 Å². The van der Waals surface area contributed by atoms with E-state index in [1.165, 1.54) is 25.7 Å². The van der Waals surface area contributed by atoms with Crippen LogP contribution in [0.5, 0.6) is 0 Å². The topological polar surface area (TPSA) is 38.3 Å². The first-order chi connectivity index (χ1) is 9.72. The van der Waals surface area contributed by atoms with Gasteiger partial charge in [0.25, 0.3) is 0 Å². The van der Waals surface area contributed by atoms with E-state index in [1.807, 2.05) is 24.3 Å². The summed E-state index contributed by atoms with van der Waals surface area (Å²) in [7, 11) is 0. The molecule has 1 N–H and O–H groups in total. The van der Waals surface area contributed by atoms with Crippen molar-refractivity contribution in [2.24, 2.45) is 5.92 Å². The first-order valence-electron chi connectivity index (χ1n) is 7.39. The Hall–Kier alpha value is -1.06. The van der Waals surface area contributed by atoms with Crippen LogP contribution in [-0.2, 0) is 16.1 Å². The van der Waals surface area contributed by atoms with Crippen molar-refractivity contribution >= 4 is 17.6 Å². The molecule has 1 heterocycles. The molecule has 3 nitrogen and oxygen atoms in total. The van der Waals surface area contributed by atoms with Gasteiger partial charge in [0.05, 0.1) is 0 Å². The van der Waals surface area contributed by atoms with Crippen molar-refractivity contribution in [3.05, 3.63) is 34.9 Å². The summed E-state index contributed by atoms with van der Waals surface area (Å²) in [5.74, 6) is 0.534. The molecule has 3 rings (SSSR count). The van der Waals surface area contributed by atoms with Crippen LogP contribution in [0, 0.1) is 5.92 Å². The van der Waals surface area contributed by atoms with Crippen LogP contribution in [0.2, 0.25) is 5.02 Å². The molecule has 4 heteroatoms. The molecule has 2 aliphatic rings. The van der Waals surface area contributed by atoms with E-state index in [0.717, 1.165) is 12.0 Å². The number of esters is 1. The smallest absolute Gasteiger partial charge is 0.323 e. The van der Waals surface area contributed by atoms with Gasteiger partial charge in [-0.3, -0.25) is 4.79 Å². The second-order valence-corrected chi connectivity index (χ2v) is 6.28. The molecule has 0 bridgehead atoms. The number of carbonyl (C=O) groups is 1. The Kier molecular flexibility index (Phi) is 4.27. The molecular weight excluding hydrogens is 274 g/mol. The molecule has 1 aromatic rings. The van der Waals surface area contributed by atoms with Crippen LogP contribution in [0.25, 0.3) is 0 Å². The van der Waals surface area contributed by atoms with Crippen LogP contribution in [0.4, 0.5) is 0 Å². The van der Waals surface area contributed by atoms with E-state index >= 15 is 0 Å². The zero-order valence-electron chi connectivity index (χ0n) is 11.5. The first kappa shape index (κ1) is 13.9. The molecule has 1 saturated heterocycles. The van der Waals surface area contributed by atoms with Crippen molar-refractivity contribution in [2.45, 2.75) is 50.8 Å². The molecule has 0 aromatic heterocycles. The second-order valence-electron chi connectivity index (χ2n) is 5.84. The van der Waals surface area contributed by atoms with E-state index in [1.54, 1.807) is 0 Å². The summed E-state index contributed by atoms with van der Waals surface area (Å²) in [4.78, 5) is 12.1. The lowest BCUT2D eigenvalue weighted by Gasteiger charge is -2.24. The van der Waals surface area contributed by atoms with Gasteiger partial charge in [0, 0.05) is 11.1 Å². The highest BCUT2D eigenvalue weighted by atomic mass is 35.5. The largest absolute Gasteiger partial charge is 0.460 e. The van der Waals surface area contributed by atoms with Gasteiger partial charge in [-0.2, -0.15) is 0 Å². The lowest BCUT2D eigenvalue weighted by molar-refractivity contribution is -0.147. The molecule has 0 radical (unpaired) electrons. The van der Waals surface area contributed by atoms with Crippen LogP contribution in [0.3, 0.4) is 0 Å². The Morgan fingerprint density at radius 1 is 1.35 bits per heavy atom. The molecule has 0 amide bonds. The minimum absolute atomic E-state index is 0.123. The van der Waals surface area contributed by atoms with Gasteiger partial charge in [-0.15, -0.1) is 0 Å². The fourth-order valence-corrected chi connectivity index (χ4v) is 3.60. The molecule has 1 aliphatic carbocycles. The van der Waals surface area contributed by atoms with Gasteiger partial charge in [0.1, 0.15) is 12.6 Å². The van der Waals surface area contributed by atoms with Crippen molar-refractivity contribution in [3.8, 4) is 0 Å². The quantitative estimate of drug-likeness (QED) is 0.869. The number of hydrogen-bond donors (Lipinski definition) is 1. The fraction of sp³-hybridized carbons (Fsp3) is 0.562. The minimum atomic E-state index is -0.126. The maximum Gasteiger partial charge on any atom is 0.323 e. The lowest BCUT2D eigenvalue weighted by atomic mass is 9.85. The van der Waals surface area contributed by atoms with Gasteiger partial charge in [0.2, 0.25) is 0 Å². The van der Waals surface area contributed by atoms with Crippen molar-refractivity contribution in [3.63, 3.8) is 0 Å². The van der Waals surface area contributed by atoms with E-state index in [2.05, 4.69) is 5.32 Å². The predicted molar refractivity (Wildman–Crippen MR) is 78.5 cm³/mol. The van der Waals surface area contributed by atoms with Gasteiger partial charge in [-0.05, 0) is 42.9 Å². The number of fused-ring (bicyclic) bond motifs is 1. The van der Waals surface area contributed by atoms with E-state index in [-0.39, 0.29) is 12.0 Å². The summed E-state index contributed by atoms with van der Waals surface area (Å²) in [5.41, 5.74) is 0.932. The third kappa shape index (κ3) is 3.15. The number of rotatable bonds is 3. The summed E-state index contributed by atoms with van der Waals surface area (Å²) in [6.07, 6.45) is 5.95. The Morgan fingerprint density at radius 3 is 3.00 bits per heavy atom.